The van der Waals surface area contributed by atoms with E-state index < -0.39 is 5.97 Å². The molecule has 6 nitrogen and oxygen atoms in total. The van der Waals surface area contributed by atoms with E-state index in [0.29, 0.717) is 11.6 Å². The molecule has 0 saturated heterocycles. The van der Waals surface area contributed by atoms with Crippen LogP contribution in [0.2, 0.25) is 0 Å². The highest BCUT2D eigenvalue weighted by atomic mass is 32.2. The van der Waals surface area contributed by atoms with E-state index in [4.69, 9.17) is 0 Å². The van der Waals surface area contributed by atoms with Gasteiger partial charge in [0, 0.05) is 22.9 Å². The molecule has 0 aliphatic carbocycles. The maximum Gasteiger partial charge on any atom is 0.342 e. The van der Waals surface area contributed by atoms with Gasteiger partial charge >= 0.3 is 5.97 Å². The number of aromatic nitrogens is 4. The number of fused-ring (bicyclic) bond motifs is 1. The minimum atomic E-state index is -1.02. The third-order valence-electron chi connectivity index (χ3n) is 4.34. The van der Waals surface area contributed by atoms with Crippen LogP contribution < -0.4 is 0 Å². The van der Waals surface area contributed by atoms with E-state index in [1.54, 1.807) is 6.08 Å². The zero-order valence-electron chi connectivity index (χ0n) is 15.1. The molecule has 0 fully saturated rings. The summed E-state index contributed by atoms with van der Waals surface area (Å²) in [6, 6.07) is 17.7. The minimum absolute atomic E-state index is 0.156. The Kier molecular flexibility index (Phi) is 4.99. The van der Waals surface area contributed by atoms with Crippen molar-refractivity contribution in [2.45, 2.75) is 18.5 Å². The van der Waals surface area contributed by atoms with Crippen LogP contribution in [0.3, 0.4) is 0 Å². The molecule has 0 atom stereocenters. The first-order valence-electron chi connectivity index (χ1n) is 8.86. The van der Waals surface area contributed by atoms with Gasteiger partial charge in [-0.1, -0.05) is 55.5 Å². The normalized spacial score (nSPS) is 11.8. The van der Waals surface area contributed by atoms with E-state index in [9.17, 15) is 9.90 Å². The molecule has 0 aliphatic rings. The first kappa shape index (κ1) is 18.1. The van der Waals surface area contributed by atoms with Crippen molar-refractivity contribution < 1.29 is 9.90 Å². The largest absolute Gasteiger partial charge is 0.477 e. The lowest BCUT2D eigenvalue weighted by Gasteiger charge is -2.03. The Morgan fingerprint density at radius 2 is 1.89 bits per heavy atom. The number of nitrogens with zero attached hydrogens (tertiary/aromatic N) is 2. The number of hydrogen-bond donors (Lipinski definition) is 3. The molecular formula is C21H18N4O2S. The van der Waals surface area contributed by atoms with Crippen LogP contribution >= 0.6 is 11.8 Å². The van der Waals surface area contributed by atoms with Crippen LogP contribution in [0.4, 0.5) is 0 Å². The molecule has 2 heterocycles. The predicted octanol–water partition coefficient (Wildman–Crippen LogP) is 4.73. The fourth-order valence-electron chi connectivity index (χ4n) is 2.99. The smallest absolute Gasteiger partial charge is 0.342 e. The van der Waals surface area contributed by atoms with E-state index in [1.807, 2.05) is 61.5 Å². The number of aryl methyl sites for hydroxylation is 1. The third kappa shape index (κ3) is 3.57. The highest BCUT2D eigenvalue weighted by Crippen LogP contribution is 2.34. The standard InChI is InChI=1S/C21H18N4O2S/c1-2-18-23-21(25-24-18)28-17(20(26)27)12-15-14-10-6-7-11-16(14)22-19(15)13-8-4-3-5-9-13/h3-12,22H,2H2,1H3,(H,26,27)(H,23,24,25)/b17-12-. The quantitative estimate of drug-likeness (QED) is 0.327. The summed E-state index contributed by atoms with van der Waals surface area (Å²) in [5, 5.41) is 18.0. The van der Waals surface area contributed by atoms with Gasteiger partial charge < -0.3 is 10.1 Å². The average Bonchev–Trinajstić information content (AvgIpc) is 3.33. The molecule has 0 aliphatic heterocycles. The van der Waals surface area contributed by atoms with Crippen LogP contribution in [0, 0.1) is 0 Å². The third-order valence-corrected chi connectivity index (χ3v) is 5.22. The molecule has 0 unspecified atom stereocenters. The first-order valence-corrected chi connectivity index (χ1v) is 9.67. The number of nitrogens with one attached hydrogen (secondary N) is 2. The molecule has 2 aromatic heterocycles. The van der Waals surface area contributed by atoms with Crippen molar-refractivity contribution in [1.29, 1.82) is 0 Å². The van der Waals surface area contributed by atoms with Crippen molar-refractivity contribution >= 4 is 34.7 Å². The highest BCUT2D eigenvalue weighted by Gasteiger charge is 2.17. The second kappa shape index (κ2) is 7.74. The Labute approximate surface area is 165 Å². The Hall–Kier alpha value is -3.32. The van der Waals surface area contributed by atoms with Gasteiger partial charge in [0.05, 0.1) is 5.69 Å². The Morgan fingerprint density at radius 1 is 1.14 bits per heavy atom. The monoisotopic (exact) mass is 390 g/mol. The number of H-pyrrole nitrogens is 2. The number of thioether (sulfide) groups is 1. The van der Waals surface area contributed by atoms with E-state index >= 15 is 0 Å². The van der Waals surface area contributed by atoms with Gasteiger partial charge in [-0.2, -0.15) is 0 Å². The van der Waals surface area contributed by atoms with Gasteiger partial charge in [0.25, 0.3) is 0 Å². The van der Waals surface area contributed by atoms with Crippen LogP contribution in [-0.4, -0.2) is 31.2 Å². The number of hydrogen-bond acceptors (Lipinski definition) is 4. The van der Waals surface area contributed by atoms with Gasteiger partial charge in [-0.3, -0.25) is 5.10 Å². The fraction of sp³-hybridized carbons (Fsp3) is 0.0952. The van der Waals surface area contributed by atoms with E-state index in [2.05, 4.69) is 20.2 Å². The molecule has 0 spiro atoms. The number of benzene rings is 2. The van der Waals surface area contributed by atoms with Crippen molar-refractivity contribution in [3.8, 4) is 11.3 Å². The summed E-state index contributed by atoms with van der Waals surface area (Å²) >= 11 is 1.04. The molecule has 3 N–H and O–H groups in total. The summed E-state index contributed by atoms with van der Waals surface area (Å²) in [7, 11) is 0. The molecule has 28 heavy (non-hydrogen) atoms. The summed E-state index contributed by atoms with van der Waals surface area (Å²) < 4.78 is 0. The Balaban J connectivity index is 1.84. The number of aliphatic carboxylic acids is 1. The fourth-order valence-corrected chi connectivity index (χ4v) is 3.70. The molecule has 4 rings (SSSR count). The van der Waals surface area contributed by atoms with Gasteiger partial charge in [-0.05, 0) is 29.5 Å². The van der Waals surface area contributed by atoms with Gasteiger partial charge in [0.1, 0.15) is 10.7 Å². The predicted molar refractivity (Wildman–Crippen MR) is 111 cm³/mol. The zero-order chi connectivity index (χ0) is 19.5. The van der Waals surface area contributed by atoms with Crippen molar-refractivity contribution in [3.05, 3.63) is 70.9 Å². The molecule has 140 valence electrons. The van der Waals surface area contributed by atoms with Gasteiger partial charge in [0.2, 0.25) is 5.16 Å². The molecule has 4 aromatic rings. The maximum absolute atomic E-state index is 11.9. The zero-order valence-corrected chi connectivity index (χ0v) is 16.0. The summed E-state index contributed by atoms with van der Waals surface area (Å²) in [5.41, 5.74) is 3.66. The molecule has 0 saturated carbocycles. The number of carbonyl (C=O) groups is 1. The lowest BCUT2D eigenvalue weighted by molar-refractivity contribution is -0.131. The van der Waals surface area contributed by atoms with E-state index in [-0.39, 0.29) is 4.91 Å². The average molecular weight is 390 g/mol. The van der Waals surface area contributed by atoms with Crippen molar-refractivity contribution in [2.24, 2.45) is 0 Å². The number of rotatable bonds is 6. The number of para-hydroxylation sites is 1. The van der Waals surface area contributed by atoms with Crippen LogP contribution in [0.15, 0.2) is 64.7 Å². The van der Waals surface area contributed by atoms with Crippen molar-refractivity contribution in [1.82, 2.24) is 20.2 Å². The number of carboxylic acid groups (broad SMARTS) is 1. The summed E-state index contributed by atoms with van der Waals surface area (Å²) in [4.78, 5) is 19.8. The maximum atomic E-state index is 11.9. The second-order valence-corrected chi connectivity index (χ2v) is 7.17. The first-order chi connectivity index (χ1) is 13.7. The summed E-state index contributed by atoms with van der Waals surface area (Å²) in [6.07, 6.45) is 2.40. The lowest BCUT2D eigenvalue weighted by Crippen LogP contribution is -1.97. The van der Waals surface area contributed by atoms with Crippen molar-refractivity contribution in [3.63, 3.8) is 0 Å². The van der Waals surface area contributed by atoms with Gasteiger partial charge in [-0.25, -0.2) is 9.78 Å². The molecule has 2 aromatic carbocycles. The Bertz CT molecular complexity index is 1160. The van der Waals surface area contributed by atoms with Crippen LogP contribution in [0.25, 0.3) is 28.2 Å². The SMILES string of the molecule is CCc1nc(S/C(=C\c2c(-c3ccccc3)[nH]c3ccccc23)C(=O)O)n[nH]1. The van der Waals surface area contributed by atoms with Crippen molar-refractivity contribution in [2.75, 3.05) is 0 Å². The lowest BCUT2D eigenvalue weighted by atomic mass is 10.0. The van der Waals surface area contributed by atoms with Gasteiger partial charge in [0.15, 0.2) is 0 Å². The molecule has 0 bridgehead atoms. The highest BCUT2D eigenvalue weighted by molar-refractivity contribution is 8.04. The van der Waals surface area contributed by atoms with Crippen LogP contribution in [0.5, 0.6) is 0 Å². The minimum Gasteiger partial charge on any atom is -0.477 e. The molecule has 0 amide bonds. The summed E-state index contributed by atoms with van der Waals surface area (Å²) in [6.45, 7) is 1.96. The van der Waals surface area contributed by atoms with E-state index in [0.717, 1.165) is 45.3 Å². The molecule has 7 heteroatoms. The Morgan fingerprint density at radius 3 is 2.61 bits per heavy atom. The van der Waals surface area contributed by atoms with Gasteiger partial charge in [-0.15, -0.1) is 5.10 Å². The molecular weight excluding hydrogens is 372 g/mol. The van der Waals surface area contributed by atoms with E-state index in [1.165, 1.54) is 0 Å². The topological polar surface area (TPSA) is 94.7 Å². The second-order valence-electron chi connectivity index (χ2n) is 6.16. The number of carboxylic acids is 1. The van der Waals surface area contributed by atoms with Crippen LogP contribution in [-0.2, 0) is 11.2 Å². The van der Waals surface area contributed by atoms with Crippen LogP contribution in [0.1, 0.15) is 18.3 Å². The number of aromatic amines is 2. The summed E-state index contributed by atoms with van der Waals surface area (Å²) in [5.74, 6) is -0.290. The molecule has 0 radical (unpaired) electrons.